The van der Waals surface area contributed by atoms with Crippen molar-refractivity contribution in [2.45, 2.75) is 71.5 Å². The third kappa shape index (κ3) is 5.14. The zero-order chi connectivity index (χ0) is 21.6. The Bertz CT molecular complexity index is 680. The van der Waals surface area contributed by atoms with E-state index in [0.29, 0.717) is 36.8 Å². The molecule has 0 aliphatic carbocycles. The fraction of sp³-hybridized carbons (Fsp3) is 0.800. The first kappa shape index (κ1) is 23.3. The van der Waals surface area contributed by atoms with Crippen molar-refractivity contribution in [3.63, 3.8) is 0 Å². The van der Waals surface area contributed by atoms with Crippen LogP contribution in [-0.2, 0) is 16.1 Å². The van der Waals surface area contributed by atoms with E-state index in [2.05, 4.69) is 28.9 Å². The van der Waals surface area contributed by atoms with Gasteiger partial charge in [0.05, 0.1) is 18.6 Å². The molecule has 9 heteroatoms. The first-order chi connectivity index (χ1) is 13.8. The van der Waals surface area contributed by atoms with Gasteiger partial charge in [-0.2, -0.15) is 0 Å². The molecule has 3 heterocycles. The number of nitrogens with zero attached hydrogens (tertiary/aromatic N) is 4. The molecule has 0 saturated carbocycles. The van der Waals surface area contributed by atoms with Crippen LogP contribution in [0.2, 0.25) is 0 Å². The molecule has 1 amide bonds. The van der Waals surface area contributed by atoms with E-state index in [0.717, 1.165) is 32.1 Å². The molecule has 1 aromatic heterocycles. The number of fused-ring (bicyclic) bond motifs is 2. The van der Waals surface area contributed by atoms with E-state index >= 15 is 0 Å². The Morgan fingerprint density at radius 1 is 1.41 bits per heavy atom. The van der Waals surface area contributed by atoms with Crippen LogP contribution in [-0.4, -0.2) is 74.9 Å². The normalized spacial score (nSPS) is 25.7. The molecule has 0 radical (unpaired) electrons. The van der Waals surface area contributed by atoms with Gasteiger partial charge < -0.3 is 19.5 Å². The molecule has 2 saturated heterocycles. The van der Waals surface area contributed by atoms with Crippen LogP contribution < -0.4 is 0 Å². The van der Waals surface area contributed by atoms with Crippen molar-refractivity contribution in [2.24, 2.45) is 11.3 Å². The number of carbonyl (C=O) groups is 2. The van der Waals surface area contributed by atoms with Gasteiger partial charge in [-0.3, -0.25) is 14.5 Å². The number of hydrogen-bond donors (Lipinski definition) is 2. The molecular formula is C20H34N4O5. The zero-order valence-electron chi connectivity index (χ0n) is 17.9. The molecule has 0 aromatic carbocycles. The van der Waals surface area contributed by atoms with Crippen LogP contribution in [0.3, 0.4) is 0 Å². The lowest BCUT2D eigenvalue weighted by Crippen LogP contribution is -2.50. The fourth-order valence-electron chi connectivity index (χ4n) is 4.89. The van der Waals surface area contributed by atoms with E-state index in [1.54, 1.807) is 11.8 Å². The number of amides is 1. The number of rotatable bonds is 8. The Kier molecular flexibility index (Phi) is 8.15. The van der Waals surface area contributed by atoms with Gasteiger partial charge in [0.2, 0.25) is 17.7 Å². The van der Waals surface area contributed by atoms with E-state index in [1.807, 2.05) is 7.05 Å². The van der Waals surface area contributed by atoms with Gasteiger partial charge >= 0.3 is 0 Å². The van der Waals surface area contributed by atoms with E-state index in [1.165, 1.54) is 0 Å². The van der Waals surface area contributed by atoms with Crippen LogP contribution >= 0.6 is 0 Å². The molecule has 2 bridgehead atoms. The van der Waals surface area contributed by atoms with Gasteiger partial charge in [-0.25, -0.2) is 0 Å². The summed E-state index contributed by atoms with van der Waals surface area (Å²) >= 11 is 0. The van der Waals surface area contributed by atoms with Gasteiger partial charge in [0, 0.05) is 32.6 Å². The summed E-state index contributed by atoms with van der Waals surface area (Å²) in [6.07, 6.45) is 4.99. The highest BCUT2D eigenvalue weighted by molar-refractivity contribution is 5.84. The van der Waals surface area contributed by atoms with Crippen molar-refractivity contribution < 1.29 is 24.2 Å². The number of aryl methyl sites for hydroxylation is 1. The van der Waals surface area contributed by atoms with Crippen LogP contribution in [0, 0.1) is 18.3 Å². The SMILES string of the molecule is Cc1nnc(CN2[C@@H]3CC[C@H]2[C@@](CCC(C)C)(C(=O)N(C)CCO)C3)o1.O=CO. The van der Waals surface area contributed by atoms with Gasteiger partial charge in [0.15, 0.2) is 0 Å². The summed E-state index contributed by atoms with van der Waals surface area (Å²) in [4.78, 5) is 25.9. The van der Waals surface area contributed by atoms with Crippen molar-refractivity contribution in [1.82, 2.24) is 20.0 Å². The first-order valence-corrected chi connectivity index (χ1v) is 10.3. The number of carboxylic acid groups (broad SMARTS) is 1. The second-order valence-corrected chi connectivity index (χ2v) is 8.48. The molecule has 0 unspecified atom stereocenters. The van der Waals surface area contributed by atoms with Crippen LogP contribution in [0.25, 0.3) is 0 Å². The average Bonchev–Trinajstić information content (AvgIpc) is 3.34. The van der Waals surface area contributed by atoms with Crippen molar-refractivity contribution in [1.29, 1.82) is 0 Å². The van der Waals surface area contributed by atoms with E-state index in [-0.39, 0.29) is 30.4 Å². The molecule has 3 atom stereocenters. The average molecular weight is 411 g/mol. The maximum Gasteiger partial charge on any atom is 0.290 e. The van der Waals surface area contributed by atoms with Gasteiger partial charge in [0.25, 0.3) is 6.47 Å². The maximum absolute atomic E-state index is 13.4. The summed E-state index contributed by atoms with van der Waals surface area (Å²) in [7, 11) is 1.81. The number of carbonyl (C=O) groups excluding carboxylic acids is 1. The number of aromatic nitrogens is 2. The zero-order valence-corrected chi connectivity index (χ0v) is 17.9. The molecule has 2 fully saturated rings. The van der Waals surface area contributed by atoms with Crippen molar-refractivity contribution in [3.05, 3.63) is 11.8 Å². The molecule has 164 valence electrons. The summed E-state index contributed by atoms with van der Waals surface area (Å²) in [5.41, 5.74) is -0.355. The Balaban J connectivity index is 0.000000941. The standard InChI is InChI=1S/C19H32N4O3.CH2O2/c1-13(2)7-8-19(18(25)22(4)9-10-24)11-15-5-6-16(19)23(15)12-17-21-20-14(3)26-17;2-1-3/h13,15-16,24H,5-12H2,1-4H3;1H,(H,2,3)/t15-,16+,19+;/m1./s1. The van der Waals surface area contributed by atoms with E-state index < -0.39 is 0 Å². The number of aliphatic hydroxyl groups is 1. The predicted molar refractivity (Wildman–Crippen MR) is 106 cm³/mol. The number of hydrogen-bond acceptors (Lipinski definition) is 7. The molecule has 1 aromatic rings. The highest BCUT2D eigenvalue weighted by Crippen LogP contribution is 2.54. The molecule has 9 nitrogen and oxygen atoms in total. The Morgan fingerprint density at radius 2 is 2.10 bits per heavy atom. The highest BCUT2D eigenvalue weighted by atomic mass is 16.4. The lowest BCUT2D eigenvalue weighted by molar-refractivity contribution is -0.144. The Hall–Kier alpha value is -2.00. The molecule has 29 heavy (non-hydrogen) atoms. The largest absolute Gasteiger partial charge is 0.483 e. The van der Waals surface area contributed by atoms with Crippen LogP contribution in [0.1, 0.15) is 57.7 Å². The van der Waals surface area contributed by atoms with Gasteiger partial charge in [-0.1, -0.05) is 13.8 Å². The second kappa shape index (κ2) is 10.2. The minimum atomic E-state index is -0.355. The van der Waals surface area contributed by atoms with E-state index in [4.69, 9.17) is 14.3 Å². The third-order valence-electron chi connectivity index (χ3n) is 6.14. The summed E-state index contributed by atoms with van der Waals surface area (Å²) in [6, 6.07) is 0.609. The topological polar surface area (TPSA) is 120 Å². The van der Waals surface area contributed by atoms with Crippen LogP contribution in [0.5, 0.6) is 0 Å². The molecule has 2 N–H and O–H groups in total. The fourth-order valence-corrected chi connectivity index (χ4v) is 4.89. The molecular weight excluding hydrogens is 376 g/mol. The van der Waals surface area contributed by atoms with Gasteiger partial charge in [-0.15, -0.1) is 10.2 Å². The quantitative estimate of drug-likeness (QED) is 0.621. The summed E-state index contributed by atoms with van der Waals surface area (Å²) in [6.45, 7) is 6.99. The smallest absolute Gasteiger partial charge is 0.290 e. The Morgan fingerprint density at radius 3 is 2.66 bits per heavy atom. The van der Waals surface area contributed by atoms with Gasteiger partial charge in [0.1, 0.15) is 0 Å². The third-order valence-corrected chi connectivity index (χ3v) is 6.14. The lowest BCUT2D eigenvalue weighted by Gasteiger charge is -2.39. The van der Waals surface area contributed by atoms with Gasteiger partial charge in [-0.05, 0) is 38.0 Å². The number of aliphatic hydroxyl groups excluding tert-OH is 1. The summed E-state index contributed by atoms with van der Waals surface area (Å²) < 4.78 is 5.59. The van der Waals surface area contributed by atoms with Crippen molar-refractivity contribution in [2.75, 3.05) is 20.2 Å². The summed E-state index contributed by atoms with van der Waals surface area (Å²) in [5, 5.41) is 24.3. The van der Waals surface area contributed by atoms with Crippen LogP contribution in [0.15, 0.2) is 4.42 Å². The second-order valence-electron chi connectivity index (χ2n) is 8.48. The maximum atomic E-state index is 13.4. The summed E-state index contributed by atoms with van der Waals surface area (Å²) in [5.74, 6) is 1.96. The van der Waals surface area contributed by atoms with Crippen molar-refractivity contribution in [3.8, 4) is 0 Å². The molecule has 2 aliphatic heterocycles. The molecule has 0 spiro atoms. The monoisotopic (exact) mass is 410 g/mol. The highest BCUT2D eigenvalue weighted by Gasteiger charge is 2.60. The predicted octanol–water partition coefficient (Wildman–Crippen LogP) is 1.69. The van der Waals surface area contributed by atoms with Crippen molar-refractivity contribution >= 4 is 12.4 Å². The van der Waals surface area contributed by atoms with E-state index in [9.17, 15) is 9.90 Å². The molecule has 2 aliphatic rings. The number of likely N-dealkylation sites (N-methyl/N-ethyl adjacent to an activating group) is 1. The first-order valence-electron chi connectivity index (χ1n) is 10.3. The van der Waals surface area contributed by atoms with Crippen LogP contribution in [0.4, 0.5) is 0 Å². The molecule has 3 rings (SSSR count). The lowest BCUT2D eigenvalue weighted by atomic mass is 9.69. The minimum absolute atomic E-state index is 0.00156. The minimum Gasteiger partial charge on any atom is -0.483 e. The Labute approximate surface area is 172 Å².